The molecule has 0 heterocycles. The standard InChI is InChI=1S/C11H20F3N3O2/c1-7(9(19)17-10(2,3)4)16-8(18)5-15-6-11(12,13)14/h7,15H,5-6H2,1-4H3,(H,16,18)(H,17,19). The van der Waals surface area contributed by atoms with Crippen LogP contribution in [0.2, 0.25) is 0 Å². The molecule has 1 atom stereocenters. The van der Waals surface area contributed by atoms with Crippen molar-refractivity contribution >= 4 is 11.8 Å². The zero-order valence-corrected chi connectivity index (χ0v) is 11.4. The van der Waals surface area contributed by atoms with Crippen LogP contribution in [0.25, 0.3) is 0 Å². The van der Waals surface area contributed by atoms with E-state index in [1.807, 2.05) is 5.32 Å². The van der Waals surface area contributed by atoms with Gasteiger partial charge in [0.1, 0.15) is 6.04 Å². The average Bonchev–Trinajstić information content (AvgIpc) is 2.12. The molecule has 1 unspecified atom stereocenters. The number of carbonyl (C=O) groups is 2. The zero-order valence-electron chi connectivity index (χ0n) is 11.4. The van der Waals surface area contributed by atoms with Crippen molar-refractivity contribution in [3.8, 4) is 0 Å². The molecule has 112 valence electrons. The molecule has 0 aromatic heterocycles. The van der Waals surface area contributed by atoms with Gasteiger partial charge in [0.15, 0.2) is 0 Å². The van der Waals surface area contributed by atoms with E-state index < -0.39 is 42.7 Å². The van der Waals surface area contributed by atoms with Gasteiger partial charge in [0.05, 0.1) is 13.1 Å². The van der Waals surface area contributed by atoms with Crippen molar-refractivity contribution in [2.45, 2.75) is 45.5 Å². The van der Waals surface area contributed by atoms with Crippen molar-refractivity contribution in [1.29, 1.82) is 0 Å². The van der Waals surface area contributed by atoms with Gasteiger partial charge in [-0.15, -0.1) is 0 Å². The lowest BCUT2D eigenvalue weighted by Gasteiger charge is -2.23. The van der Waals surface area contributed by atoms with Crippen LogP contribution in [-0.4, -0.2) is 42.7 Å². The minimum atomic E-state index is -4.37. The molecule has 0 aromatic rings. The Morgan fingerprint density at radius 1 is 1.16 bits per heavy atom. The molecule has 0 saturated heterocycles. The van der Waals surface area contributed by atoms with Gasteiger partial charge in [0.2, 0.25) is 11.8 Å². The van der Waals surface area contributed by atoms with Crippen LogP contribution in [0.1, 0.15) is 27.7 Å². The van der Waals surface area contributed by atoms with E-state index in [1.165, 1.54) is 6.92 Å². The fourth-order valence-corrected chi connectivity index (χ4v) is 1.15. The van der Waals surface area contributed by atoms with Gasteiger partial charge in [-0.25, -0.2) is 0 Å². The van der Waals surface area contributed by atoms with Crippen molar-refractivity contribution in [3.05, 3.63) is 0 Å². The molecule has 0 spiro atoms. The fourth-order valence-electron chi connectivity index (χ4n) is 1.15. The topological polar surface area (TPSA) is 70.2 Å². The van der Waals surface area contributed by atoms with Crippen molar-refractivity contribution in [2.75, 3.05) is 13.1 Å². The first-order valence-corrected chi connectivity index (χ1v) is 5.79. The molecule has 0 rings (SSSR count). The smallest absolute Gasteiger partial charge is 0.350 e. The first-order valence-electron chi connectivity index (χ1n) is 5.79. The maximum atomic E-state index is 11.8. The Morgan fingerprint density at radius 2 is 1.68 bits per heavy atom. The van der Waals surface area contributed by atoms with E-state index in [9.17, 15) is 22.8 Å². The Balaban J connectivity index is 4.02. The third-order valence-corrected chi connectivity index (χ3v) is 1.88. The van der Waals surface area contributed by atoms with Crippen molar-refractivity contribution in [2.24, 2.45) is 0 Å². The van der Waals surface area contributed by atoms with Crippen LogP contribution in [0.5, 0.6) is 0 Å². The van der Waals surface area contributed by atoms with Crippen molar-refractivity contribution in [1.82, 2.24) is 16.0 Å². The predicted octanol–water partition coefficient (Wildman–Crippen LogP) is 0.558. The fraction of sp³-hybridized carbons (Fsp3) is 0.818. The molecule has 0 saturated carbocycles. The molecule has 2 amide bonds. The Labute approximate surface area is 110 Å². The summed E-state index contributed by atoms with van der Waals surface area (Å²) < 4.78 is 35.5. The molecule has 0 aromatic carbocycles. The summed E-state index contributed by atoms with van der Waals surface area (Å²) in [4.78, 5) is 22.9. The molecule has 0 bridgehead atoms. The van der Waals surface area contributed by atoms with E-state index in [4.69, 9.17) is 0 Å². The summed E-state index contributed by atoms with van der Waals surface area (Å²) in [7, 11) is 0. The van der Waals surface area contributed by atoms with Crippen LogP contribution in [0.15, 0.2) is 0 Å². The van der Waals surface area contributed by atoms with E-state index in [0.29, 0.717) is 0 Å². The summed E-state index contributed by atoms with van der Waals surface area (Å²) in [5.41, 5.74) is -0.440. The second-order valence-electron chi connectivity index (χ2n) is 5.25. The molecular weight excluding hydrogens is 263 g/mol. The third kappa shape index (κ3) is 10.3. The van der Waals surface area contributed by atoms with E-state index in [0.717, 1.165) is 0 Å². The Hall–Kier alpha value is -1.31. The maximum absolute atomic E-state index is 11.8. The molecule has 3 N–H and O–H groups in total. The molecule has 0 fully saturated rings. The number of hydrogen-bond acceptors (Lipinski definition) is 3. The third-order valence-electron chi connectivity index (χ3n) is 1.88. The van der Waals surface area contributed by atoms with E-state index in [1.54, 1.807) is 20.8 Å². The number of rotatable bonds is 5. The molecule has 0 radical (unpaired) electrons. The van der Waals surface area contributed by atoms with Gasteiger partial charge in [-0.1, -0.05) is 0 Å². The minimum Gasteiger partial charge on any atom is -0.350 e. The highest BCUT2D eigenvalue weighted by Crippen LogP contribution is 2.11. The molecule has 0 aliphatic heterocycles. The summed E-state index contributed by atoms with van der Waals surface area (Å²) in [6.45, 7) is 5.07. The van der Waals surface area contributed by atoms with E-state index >= 15 is 0 Å². The minimum absolute atomic E-state index is 0.392. The molecule has 19 heavy (non-hydrogen) atoms. The molecule has 5 nitrogen and oxygen atoms in total. The average molecular weight is 283 g/mol. The van der Waals surface area contributed by atoms with Crippen LogP contribution < -0.4 is 16.0 Å². The van der Waals surface area contributed by atoms with Gasteiger partial charge in [0, 0.05) is 5.54 Å². The first-order chi connectivity index (χ1) is 8.41. The van der Waals surface area contributed by atoms with Gasteiger partial charge < -0.3 is 16.0 Å². The summed E-state index contributed by atoms with van der Waals surface area (Å²) in [5.74, 6) is -1.06. The highest BCUT2D eigenvalue weighted by molar-refractivity contribution is 5.88. The Morgan fingerprint density at radius 3 is 2.11 bits per heavy atom. The molecule has 0 aliphatic rings. The summed E-state index contributed by atoms with van der Waals surface area (Å²) in [6.07, 6.45) is -4.37. The van der Waals surface area contributed by atoms with Gasteiger partial charge in [-0.2, -0.15) is 13.2 Å². The van der Waals surface area contributed by atoms with Crippen molar-refractivity contribution in [3.63, 3.8) is 0 Å². The predicted molar refractivity (Wildman–Crippen MR) is 64.4 cm³/mol. The molecular formula is C11H20F3N3O2. The zero-order chi connectivity index (χ0) is 15.3. The van der Waals surface area contributed by atoms with E-state index in [2.05, 4.69) is 10.6 Å². The summed E-state index contributed by atoms with van der Waals surface area (Å²) in [5, 5.41) is 6.91. The van der Waals surface area contributed by atoms with Crippen LogP contribution in [0, 0.1) is 0 Å². The number of carbonyl (C=O) groups excluding carboxylic acids is 2. The van der Waals surface area contributed by atoms with Gasteiger partial charge in [-0.05, 0) is 27.7 Å². The highest BCUT2D eigenvalue weighted by Gasteiger charge is 2.27. The lowest BCUT2D eigenvalue weighted by Crippen LogP contribution is -2.52. The second kappa shape index (κ2) is 6.74. The monoisotopic (exact) mass is 283 g/mol. The number of halogens is 3. The number of hydrogen-bond donors (Lipinski definition) is 3. The number of alkyl halides is 3. The second-order valence-corrected chi connectivity index (χ2v) is 5.25. The SMILES string of the molecule is CC(NC(=O)CNCC(F)(F)F)C(=O)NC(C)(C)C. The van der Waals surface area contributed by atoms with Crippen LogP contribution in [0.4, 0.5) is 13.2 Å². The summed E-state index contributed by atoms with van der Waals surface area (Å²) in [6, 6.07) is -0.806. The van der Waals surface area contributed by atoms with Crippen LogP contribution in [-0.2, 0) is 9.59 Å². The maximum Gasteiger partial charge on any atom is 0.401 e. The van der Waals surface area contributed by atoms with Crippen LogP contribution >= 0.6 is 0 Å². The van der Waals surface area contributed by atoms with Gasteiger partial charge in [-0.3, -0.25) is 9.59 Å². The molecule has 0 aliphatic carbocycles. The lowest BCUT2D eigenvalue weighted by atomic mass is 10.1. The Kier molecular flexibility index (Phi) is 6.28. The molecule has 8 heteroatoms. The number of nitrogens with one attached hydrogen (secondary N) is 3. The highest BCUT2D eigenvalue weighted by atomic mass is 19.4. The van der Waals surface area contributed by atoms with Gasteiger partial charge in [0.25, 0.3) is 0 Å². The van der Waals surface area contributed by atoms with Crippen molar-refractivity contribution < 1.29 is 22.8 Å². The first kappa shape index (κ1) is 17.7. The lowest BCUT2D eigenvalue weighted by molar-refractivity contribution is -0.132. The van der Waals surface area contributed by atoms with E-state index in [-0.39, 0.29) is 0 Å². The summed E-state index contributed by atoms with van der Waals surface area (Å²) >= 11 is 0. The van der Waals surface area contributed by atoms with Gasteiger partial charge >= 0.3 is 6.18 Å². The Bertz CT molecular complexity index is 324. The largest absolute Gasteiger partial charge is 0.401 e. The van der Waals surface area contributed by atoms with Crippen LogP contribution in [0.3, 0.4) is 0 Å². The normalized spacial score (nSPS) is 13.8. The number of amides is 2. The quantitative estimate of drug-likeness (QED) is 0.690.